The fraction of sp³-hybridized carbons (Fsp3) is 0.667. The lowest BCUT2D eigenvalue weighted by Crippen LogP contribution is -2.44. The summed E-state index contributed by atoms with van der Waals surface area (Å²) in [6.07, 6.45) is 2.60. The van der Waals surface area contributed by atoms with Crippen molar-refractivity contribution in [3.63, 3.8) is 0 Å². The number of likely N-dealkylation sites (N-methyl/N-ethyl adjacent to an activating group) is 1. The van der Waals surface area contributed by atoms with Crippen LogP contribution >= 0.6 is 0 Å². The quantitative estimate of drug-likeness (QED) is 0.757. The molecule has 0 aliphatic carbocycles. The second kappa shape index (κ2) is 6.96. The molecular weight excluding hydrogens is 278 g/mol. The molecule has 0 aliphatic rings. The fourth-order valence-corrected chi connectivity index (χ4v) is 2.89. The van der Waals surface area contributed by atoms with Crippen LogP contribution in [0, 0.1) is 5.92 Å². The van der Waals surface area contributed by atoms with Gasteiger partial charge < -0.3 is 10.2 Å². The van der Waals surface area contributed by atoms with Crippen molar-refractivity contribution in [1.82, 2.24) is 19.6 Å². The summed E-state index contributed by atoms with van der Waals surface area (Å²) >= 11 is 0. The zero-order valence-electron chi connectivity index (χ0n) is 12.6. The maximum atomic E-state index is 12.3. The predicted octanol–water partition coefficient (Wildman–Crippen LogP) is 0.383. The van der Waals surface area contributed by atoms with Crippen molar-refractivity contribution in [2.45, 2.75) is 24.8 Å². The minimum atomic E-state index is -3.60. The van der Waals surface area contributed by atoms with Crippen molar-refractivity contribution in [1.29, 1.82) is 0 Å². The number of hydrogen-bond donors (Lipinski definition) is 2. The molecule has 0 spiro atoms. The molecule has 2 N–H and O–H groups in total. The summed E-state index contributed by atoms with van der Waals surface area (Å²) in [5, 5.41) is 2.75. The average molecular weight is 301 g/mol. The van der Waals surface area contributed by atoms with Crippen LogP contribution in [0.4, 0.5) is 5.95 Å². The van der Waals surface area contributed by atoms with E-state index in [4.69, 9.17) is 0 Å². The molecule has 0 amide bonds. The van der Waals surface area contributed by atoms with E-state index in [-0.39, 0.29) is 16.9 Å². The van der Waals surface area contributed by atoms with Crippen LogP contribution in [0.5, 0.6) is 0 Å². The van der Waals surface area contributed by atoms with E-state index >= 15 is 0 Å². The van der Waals surface area contributed by atoms with E-state index in [0.717, 1.165) is 0 Å². The zero-order valence-corrected chi connectivity index (χ0v) is 13.4. The summed E-state index contributed by atoms with van der Waals surface area (Å²) in [5.41, 5.74) is 0. The molecule has 1 aromatic heterocycles. The summed E-state index contributed by atoms with van der Waals surface area (Å²) in [6, 6.07) is -0.168. The molecule has 20 heavy (non-hydrogen) atoms. The van der Waals surface area contributed by atoms with Gasteiger partial charge in [-0.2, -0.15) is 0 Å². The van der Waals surface area contributed by atoms with E-state index in [0.29, 0.717) is 12.5 Å². The van der Waals surface area contributed by atoms with Gasteiger partial charge >= 0.3 is 0 Å². The SMILES string of the molecule is CNc1ncc(S(=O)(=O)NC(CN(C)C)C(C)C)cn1. The van der Waals surface area contributed by atoms with Crippen molar-refractivity contribution >= 4 is 16.0 Å². The van der Waals surface area contributed by atoms with Crippen LogP contribution in [0.3, 0.4) is 0 Å². The third-order valence-corrected chi connectivity index (χ3v) is 4.28. The van der Waals surface area contributed by atoms with Crippen molar-refractivity contribution in [2.75, 3.05) is 33.0 Å². The Labute approximate surface area is 120 Å². The first-order valence-electron chi connectivity index (χ1n) is 6.43. The van der Waals surface area contributed by atoms with E-state index in [2.05, 4.69) is 20.0 Å². The van der Waals surface area contributed by atoms with Crippen molar-refractivity contribution in [3.8, 4) is 0 Å². The molecular formula is C12H23N5O2S. The number of nitrogens with zero attached hydrogens (tertiary/aromatic N) is 3. The van der Waals surface area contributed by atoms with Gasteiger partial charge in [0.05, 0.1) is 12.4 Å². The summed E-state index contributed by atoms with van der Waals surface area (Å²) in [5.74, 6) is 0.572. The van der Waals surface area contributed by atoms with Crippen LogP contribution in [0.25, 0.3) is 0 Å². The Morgan fingerprint density at radius 2 is 1.80 bits per heavy atom. The Morgan fingerprint density at radius 1 is 1.25 bits per heavy atom. The van der Waals surface area contributed by atoms with Gasteiger partial charge in [-0.05, 0) is 20.0 Å². The molecule has 0 fully saturated rings. The molecule has 114 valence electrons. The molecule has 0 saturated heterocycles. The van der Waals surface area contributed by atoms with Crippen LogP contribution in [-0.2, 0) is 10.0 Å². The van der Waals surface area contributed by atoms with Gasteiger partial charge in [0, 0.05) is 19.6 Å². The lowest BCUT2D eigenvalue weighted by molar-refractivity contribution is 0.314. The zero-order chi connectivity index (χ0) is 15.3. The van der Waals surface area contributed by atoms with Crippen LogP contribution in [-0.4, -0.2) is 57.0 Å². The lowest BCUT2D eigenvalue weighted by atomic mass is 10.1. The Balaban J connectivity index is 2.91. The summed E-state index contributed by atoms with van der Waals surface area (Å²) in [4.78, 5) is 9.87. The topological polar surface area (TPSA) is 87.2 Å². The number of hydrogen-bond acceptors (Lipinski definition) is 6. The molecule has 1 aromatic rings. The molecule has 0 saturated carbocycles. The fourth-order valence-electron chi connectivity index (χ4n) is 1.63. The molecule has 1 unspecified atom stereocenters. The van der Waals surface area contributed by atoms with E-state index in [1.54, 1.807) is 7.05 Å². The van der Waals surface area contributed by atoms with Crippen LogP contribution in [0.15, 0.2) is 17.3 Å². The highest BCUT2D eigenvalue weighted by molar-refractivity contribution is 7.89. The summed E-state index contributed by atoms with van der Waals surface area (Å²) < 4.78 is 27.3. The van der Waals surface area contributed by atoms with Gasteiger partial charge in [0.2, 0.25) is 16.0 Å². The molecule has 0 aromatic carbocycles. The Bertz CT molecular complexity index is 513. The van der Waals surface area contributed by atoms with Gasteiger partial charge in [-0.15, -0.1) is 0 Å². The molecule has 0 radical (unpaired) electrons. The molecule has 0 aliphatic heterocycles. The molecule has 1 heterocycles. The van der Waals surface area contributed by atoms with Crippen molar-refractivity contribution in [3.05, 3.63) is 12.4 Å². The first kappa shape index (κ1) is 16.8. The van der Waals surface area contributed by atoms with Gasteiger partial charge in [-0.25, -0.2) is 23.1 Å². The maximum absolute atomic E-state index is 12.3. The number of rotatable bonds is 7. The van der Waals surface area contributed by atoms with E-state index in [9.17, 15) is 8.42 Å². The van der Waals surface area contributed by atoms with Gasteiger partial charge in [-0.1, -0.05) is 13.8 Å². The highest BCUT2D eigenvalue weighted by atomic mass is 32.2. The van der Waals surface area contributed by atoms with E-state index in [1.807, 2.05) is 32.8 Å². The second-order valence-electron chi connectivity index (χ2n) is 5.23. The molecule has 7 nitrogen and oxygen atoms in total. The number of nitrogens with one attached hydrogen (secondary N) is 2. The minimum Gasteiger partial charge on any atom is -0.357 e. The van der Waals surface area contributed by atoms with Crippen LogP contribution in [0.1, 0.15) is 13.8 Å². The maximum Gasteiger partial charge on any atom is 0.243 e. The smallest absolute Gasteiger partial charge is 0.243 e. The van der Waals surface area contributed by atoms with E-state index < -0.39 is 10.0 Å². The van der Waals surface area contributed by atoms with Crippen molar-refractivity contribution < 1.29 is 8.42 Å². The highest BCUT2D eigenvalue weighted by Crippen LogP contribution is 2.11. The Kier molecular flexibility index (Phi) is 5.85. The minimum absolute atomic E-state index is 0.0703. The standard InChI is InChI=1S/C12H23N5O2S/c1-9(2)11(8-17(4)5)16-20(18,19)10-6-14-12(13-3)15-7-10/h6-7,9,11,16H,8H2,1-5H3,(H,13,14,15). The highest BCUT2D eigenvalue weighted by Gasteiger charge is 2.23. The van der Waals surface area contributed by atoms with E-state index in [1.165, 1.54) is 12.4 Å². The van der Waals surface area contributed by atoms with Crippen LogP contribution in [0.2, 0.25) is 0 Å². The number of sulfonamides is 1. The second-order valence-corrected chi connectivity index (χ2v) is 6.94. The first-order chi connectivity index (χ1) is 9.26. The van der Waals surface area contributed by atoms with Gasteiger partial charge in [-0.3, -0.25) is 0 Å². The normalized spacial score (nSPS) is 13.8. The monoisotopic (exact) mass is 301 g/mol. The molecule has 1 rings (SSSR count). The number of aromatic nitrogens is 2. The third kappa shape index (κ3) is 4.69. The Hall–Kier alpha value is -1.25. The summed E-state index contributed by atoms with van der Waals surface area (Å²) in [7, 11) is 1.89. The Morgan fingerprint density at radius 3 is 2.20 bits per heavy atom. The van der Waals surface area contributed by atoms with Gasteiger partial charge in [0.25, 0.3) is 0 Å². The van der Waals surface area contributed by atoms with Gasteiger partial charge in [0.1, 0.15) is 4.90 Å². The van der Waals surface area contributed by atoms with Gasteiger partial charge in [0.15, 0.2) is 0 Å². The molecule has 0 bridgehead atoms. The largest absolute Gasteiger partial charge is 0.357 e. The third-order valence-electron chi connectivity index (χ3n) is 2.84. The molecule has 1 atom stereocenters. The average Bonchev–Trinajstić information content (AvgIpc) is 2.37. The van der Waals surface area contributed by atoms with Crippen molar-refractivity contribution in [2.24, 2.45) is 5.92 Å². The van der Waals surface area contributed by atoms with Crippen LogP contribution < -0.4 is 10.0 Å². The predicted molar refractivity (Wildman–Crippen MR) is 79.1 cm³/mol. The number of anilines is 1. The molecule has 8 heteroatoms. The summed E-state index contributed by atoms with van der Waals surface area (Å²) in [6.45, 7) is 4.60. The lowest BCUT2D eigenvalue weighted by Gasteiger charge is -2.25. The first-order valence-corrected chi connectivity index (χ1v) is 7.91.